The Kier molecular flexibility index (Phi) is 9.35. The van der Waals surface area contributed by atoms with Gasteiger partial charge in [0, 0.05) is 17.8 Å². The van der Waals surface area contributed by atoms with Gasteiger partial charge in [-0.15, -0.1) is 0 Å². The minimum absolute atomic E-state index is 0.0610. The lowest BCUT2D eigenvalue weighted by atomic mass is 10.1. The van der Waals surface area contributed by atoms with Gasteiger partial charge in [-0.25, -0.2) is 4.79 Å². The van der Waals surface area contributed by atoms with Crippen molar-refractivity contribution >= 4 is 29.2 Å². The van der Waals surface area contributed by atoms with Gasteiger partial charge < -0.3 is 14.6 Å². The first kappa shape index (κ1) is 27.7. The fourth-order valence-corrected chi connectivity index (χ4v) is 3.64. The van der Waals surface area contributed by atoms with Crippen LogP contribution in [-0.2, 0) is 0 Å². The van der Waals surface area contributed by atoms with Crippen molar-refractivity contribution in [1.82, 2.24) is 0 Å². The van der Waals surface area contributed by atoms with Crippen LogP contribution >= 0.6 is 0 Å². The quantitative estimate of drug-likeness (QED) is 0.0727. The lowest BCUT2D eigenvalue weighted by molar-refractivity contribution is 0.0734. The molecule has 0 radical (unpaired) electrons. The summed E-state index contributed by atoms with van der Waals surface area (Å²) in [7, 11) is 0. The summed E-state index contributed by atoms with van der Waals surface area (Å²) in [4.78, 5) is 17.4. The molecule has 0 aromatic heterocycles. The number of aliphatic imine (C=N–C) groups is 1. The predicted octanol–water partition coefficient (Wildman–Crippen LogP) is 8.14. The van der Waals surface area contributed by atoms with Crippen LogP contribution in [0.5, 0.6) is 17.2 Å². The first-order valence-corrected chi connectivity index (χ1v) is 12.8. The van der Waals surface area contributed by atoms with Gasteiger partial charge in [-0.1, -0.05) is 19.4 Å². The van der Waals surface area contributed by atoms with Crippen LogP contribution < -0.4 is 9.47 Å². The van der Waals surface area contributed by atoms with E-state index < -0.39 is 5.97 Å². The SMILES string of the molecule is CCCCOc1ccc(C=Nc2cccc(C(=O)Oc3ccc(N=Nc4ccc(C#N)cc4)cc3)c2C)c(O)c1. The lowest BCUT2D eigenvalue weighted by Gasteiger charge is -2.09. The molecule has 0 fully saturated rings. The van der Waals surface area contributed by atoms with E-state index in [0.29, 0.717) is 57.4 Å². The minimum Gasteiger partial charge on any atom is -0.507 e. The van der Waals surface area contributed by atoms with Gasteiger partial charge in [-0.05, 0) is 91.7 Å². The Balaban J connectivity index is 1.40. The molecule has 8 heteroatoms. The molecule has 4 rings (SSSR count). The molecular weight excluding hydrogens is 504 g/mol. The van der Waals surface area contributed by atoms with Crippen LogP contribution in [0.1, 0.15) is 46.8 Å². The van der Waals surface area contributed by atoms with Crippen molar-refractivity contribution in [2.45, 2.75) is 26.7 Å². The Morgan fingerprint density at radius 1 is 0.950 bits per heavy atom. The van der Waals surface area contributed by atoms with Crippen molar-refractivity contribution in [2.24, 2.45) is 15.2 Å². The fourth-order valence-electron chi connectivity index (χ4n) is 3.64. The Labute approximate surface area is 232 Å². The molecule has 40 heavy (non-hydrogen) atoms. The summed E-state index contributed by atoms with van der Waals surface area (Å²) in [5, 5.41) is 27.6. The molecule has 0 heterocycles. The number of benzene rings is 4. The van der Waals surface area contributed by atoms with Gasteiger partial charge >= 0.3 is 5.97 Å². The summed E-state index contributed by atoms with van der Waals surface area (Å²) in [5.41, 5.74) is 3.90. The molecule has 0 saturated carbocycles. The molecule has 0 atom stereocenters. The molecule has 1 N–H and O–H groups in total. The van der Waals surface area contributed by atoms with Crippen LogP contribution in [-0.4, -0.2) is 23.9 Å². The molecule has 0 amide bonds. The number of rotatable bonds is 10. The van der Waals surface area contributed by atoms with Crippen LogP contribution in [0.3, 0.4) is 0 Å². The maximum atomic E-state index is 12.9. The number of phenolic OH excluding ortho intramolecular Hbond substituents is 1. The second kappa shape index (κ2) is 13.5. The van der Waals surface area contributed by atoms with Gasteiger partial charge in [0.2, 0.25) is 0 Å². The van der Waals surface area contributed by atoms with Gasteiger partial charge in [0.15, 0.2) is 0 Å². The Morgan fingerprint density at radius 3 is 2.27 bits per heavy atom. The summed E-state index contributed by atoms with van der Waals surface area (Å²) in [5.74, 6) is 0.511. The van der Waals surface area contributed by atoms with E-state index in [9.17, 15) is 9.90 Å². The number of nitriles is 1. The molecule has 0 saturated heterocycles. The van der Waals surface area contributed by atoms with E-state index in [1.165, 1.54) is 0 Å². The van der Waals surface area contributed by atoms with Crippen LogP contribution in [0, 0.1) is 18.3 Å². The van der Waals surface area contributed by atoms with Gasteiger partial charge in [-0.3, -0.25) is 4.99 Å². The molecule has 0 spiro atoms. The van der Waals surface area contributed by atoms with Crippen molar-refractivity contribution in [1.29, 1.82) is 5.26 Å². The van der Waals surface area contributed by atoms with Crippen LogP contribution in [0.2, 0.25) is 0 Å². The second-order valence-electron chi connectivity index (χ2n) is 8.87. The molecule has 0 aliphatic heterocycles. The largest absolute Gasteiger partial charge is 0.507 e. The van der Waals surface area contributed by atoms with E-state index in [1.54, 1.807) is 98.1 Å². The smallest absolute Gasteiger partial charge is 0.343 e. The Morgan fingerprint density at radius 2 is 1.62 bits per heavy atom. The highest BCUT2D eigenvalue weighted by Crippen LogP contribution is 2.27. The van der Waals surface area contributed by atoms with E-state index in [4.69, 9.17) is 14.7 Å². The number of hydrogen-bond acceptors (Lipinski definition) is 8. The lowest BCUT2D eigenvalue weighted by Crippen LogP contribution is -2.10. The number of ether oxygens (including phenoxy) is 2. The molecule has 8 nitrogen and oxygen atoms in total. The van der Waals surface area contributed by atoms with Crippen LogP contribution in [0.4, 0.5) is 17.1 Å². The standard InChI is InChI=1S/C32H28N4O4/c1-3-4-18-39-28-15-10-24(31(37)19-28)21-34-30-7-5-6-29(22(30)2)32(38)40-27-16-13-26(14-17-27)36-35-25-11-8-23(20-33)9-12-25/h5-17,19,21,37H,3-4,18H2,1-2H3. The third-order valence-electron chi connectivity index (χ3n) is 5.96. The monoisotopic (exact) mass is 532 g/mol. The van der Waals surface area contributed by atoms with Crippen molar-refractivity contribution in [2.75, 3.05) is 6.61 Å². The maximum absolute atomic E-state index is 12.9. The zero-order valence-electron chi connectivity index (χ0n) is 22.2. The van der Waals surface area contributed by atoms with Crippen molar-refractivity contribution in [3.05, 3.63) is 107 Å². The van der Waals surface area contributed by atoms with Crippen LogP contribution in [0.25, 0.3) is 0 Å². The van der Waals surface area contributed by atoms with E-state index >= 15 is 0 Å². The molecule has 4 aromatic rings. The zero-order chi connectivity index (χ0) is 28.3. The van der Waals surface area contributed by atoms with E-state index in [-0.39, 0.29) is 5.75 Å². The van der Waals surface area contributed by atoms with Crippen LogP contribution in [0.15, 0.2) is 100 Å². The molecule has 200 valence electrons. The van der Waals surface area contributed by atoms with Crippen molar-refractivity contribution < 1.29 is 19.4 Å². The van der Waals surface area contributed by atoms with Crippen molar-refractivity contribution in [3.63, 3.8) is 0 Å². The first-order valence-electron chi connectivity index (χ1n) is 12.8. The fraction of sp³-hybridized carbons (Fsp3) is 0.156. The number of nitrogens with zero attached hydrogens (tertiary/aromatic N) is 4. The number of unbranched alkanes of at least 4 members (excludes halogenated alkanes) is 1. The number of hydrogen-bond donors (Lipinski definition) is 1. The van der Waals surface area contributed by atoms with Gasteiger partial charge in [0.25, 0.3) is 0 Å². The van der Waals surface area contributed by atoms with Gasteiger partial charge in [-0.2, -0.15) is 15.5 Å². The van der Waals surface area contributed by atoms with Gasteiger partial charge in [0.1, 0.15) is 17.2 Å². The number of azo groups is 1. The Bertz CT molecular complexity index is 1570. The van der Waals surface area contributed by atoms with E-state index in [1.807, 2.05) is 0 Å². The number of carbonyl (C=O) groups is 1. The molecule has 0 aliphatic carbocycles. The normalized spacial score (nSPS) is 11.0. The second-order valence-corrected chi connectivity index (χ2v) is 8.87. The average Bonchev–Trinajstić information content (AvgIpc) is 2.97. The molecule has 0 unspecified atom stereocenters. The third kappa shape index (κ3) is 7.39. The number of phenols is 1. The minimum atomic E-state index is -0.516. The summed E-state index contributed by atoms with van der Waals surface area (Å²) in [6.07, 6.45) is 3.53. The molecule has 4 aromatic carbocycles. The first-order chi connectivity index (χ1) is 19.5. The zero-order valence-corrected chi connectivity index (χ0v) is 22.2. The number of aromatic hydroxyl groups is 1. The highest BCUT2D eigenvalue weighted by molar-refractivity contribution is 5.94. The van der Waals surface area contributed by atoms with Crippen molar-refractivity contribution in [3.8, 4) is 23.3 Å². The molecule has 0 aliphatic rings. The molecule has 0 bridgehead atoms. The highest BCUT2D eigenvalue weighted by atomic mass is 16.5. The number of esters is 1. The summed E-state index contributed by atoms with van der Waals surface area (Å²) >= 11 is 0. The summed E-state index contributed by atoms with van der Waals surface area (Å²) < 4.78 is 11.2. The topological polar surface area (TPSA) is 117 Å². The highest BCUT2D eigenvalue weighted by Gasteiger charge is 2.14. The number of carbonyl (C=O) groups excluding carboxylic acids is 1. The third-order valence-corrected chi connectivity index (χ3v) is 5.96. The summed E-state index contributed by atoms with van der Waals surface area (Å²) in [6, 6.07) is 25.8. The van der Waals surface area contributed by atoms with Gasteiger partial charge in [0.05, 0.1) is 40.9 Å². The average molecular weight is 533 g/mol. The Hall–Kier alpha value is -5.29. The predicted molar refractivity (Wildman–Crippen MR) is 154 cm³/mol. The van der Waals surface area contributed by atoms with E-state index in [0.717, 1.165) is 12.8 Å². The molecular formula is C32H28N4O4. The summed E-state index contributed by atoms with van der Waals surface area (Å²) in [6.45, 7) is 4.48. The maximum Gasteiger partial charge on any atom is 0.343 e. The van der Waals surface area contributed by atoms with E-state index in [2.05, 4.69) is 28.2 Å².